The van der Waals surface area contributed by atoms with Gasteiger partial charge in [-0.3, -0.25) is 0 Å². The van der Waals surface area contributed by atoms with Crippen molar-refractivity contribution in [2.75, 3.05) is 6.61 Å². The van der Waals surface area contributed by atoms with Gasteiger partial charge in [-0.15, -0.1) is 0 Å². The van der Waals surface area contributed by atoms with Crippen molar-refractivity contribution in [1.82, 2.24) is 0 Å². The number of carboxylic acid groups (broad SMARTS) is 1. The van der Waals surface area contributed by atoms with Crippen molar-refractivity contribution in [3.8, 4) is 17.6 Å². The zero-order valence-corrected chi connectivity index (χ0v) is 12.2. The predicted octanol–water partition coefficient (Wildman–Crippen LogP) is 3.58. The lowest BCUT2D eigenvalue weighted by Crippen LogP contribution is -2.05. The first-order chi connectivity index (χ1) is 8.29. The summed E-state index contributed by atoms with van der Waals surface area (Å²) in [4.78, 5) is 11.0. The average molecular weight is 311 g/mol. The molecule has 0 unspecified atom stereocenters. The smallest absolute Gasteiger partial charge is 0.339 e. The molecule has 0 saturated carbocycles. The lowest BCUT2D eigenvalue weighted by atomic mass is 9.98. The molecule has 0 saturated heterocycles. The maximum atomic E-state index is 11.0. The molecule has 1 N–H and O–H groups in total. The molecule has 0 fully saturated rings. The van der Waals surface area contributed by atoms with Crippen molar-refractivity contribution in [2.45, 2.75) is 20.8 Å². The van der Waals surface area contributed by atoms with Crippen molar-refractivity contribution in [3.05, 3.63) is 28.2 Å². The molecule has 0 aliphatic heterocycles. The molecule has 0 aliphatic rings. The number of carboxylic acids is 1. The number of benzene rings is 1. The molecular weight excluding hydrogens is 296 g/mol. The molecule has 3 nitrogen and oxygen atoms in total. The highest BCUT2D eigenvalue weighted by atomic mass is 79.9. The third-order valence-corrected chi connectivity index (χ3v) is 2.43. The summed E-state index contributed by atoms with van der Waals surface area (Å²) in [5.41, 5.74) is 0.0479. The fraction of sp³-hybridized carbons (Fsp3) is 0.357. The van der Waals surface area contributed by atoms with Crippen LogP contribution in [0.1, 0.15) is 31.1 Å². The molecule has 0 aliphatic carbocycles. The van der Waals surface area contributed by atoms with E-state index in [-0.39, 0.29) is 17.6 Å². The van der Waals surface area contributed by atoms with Gasteiger partial charge in [0, 0.05) is 9.89 Å². The SMILES string of the molecule is CC(C)(C)C#CCOc1cc(Br)ccc1C(=O)O. The van der Waals surface area contributed by atoms with E-state index in [2.05, 4.69) is 27.8 Å². The molecule has 1 rings (SSSR count). The topological polar surface area (TPSA) is 46.5 Å². The first-order valence-electron chi connectivity index (χ1n) is 5.45. The molecule has 0 bridgehead atoms. The van der Waals surface area contributed by atoms with Crippen LogP contribution in [0.4, 0.5) is 0 Å². The lowest BCUT2D eigenvalue weighted by Gasteiger charge is -2.08. The Kier molecular flexibility index (Phi) is 4.80. The molecule has 0 atom stereocenters. The van der Waals surface area contributed by atoms with Gasteiger partial charge in [-0.05, 0) is 39.0 Å². The summed E-state index contributed by atoms with van der Waals surface area (Å²) in [6.07, 6.45) is 0. The zero-order chi connectivity index (χ0) is 13.8. The van der Waals surface area contributed by atoms with E-state index < -0.39 is 5.97 Å². The largest absolute Gasteiger partial charge is 0.480 e. The minimum absolute atomic E-state index is 0.0870. The third kappa shape index (κ3) is 4.80. The second-order valence-corrected chi connectivity index (χ2v) is 5.70. The highest BCUT2D eigenvalue weighted by Crippen LogP contribution is 2.23. The van der Waals surface area contributed by atoms with Crippen LogP contribution < -0.4 is 4.74 Å². The number of aromatic carboxylic acids is 1. The van der Waals surface area contributed by atoms with Gasteiger partial charge in [-0.1, -0.05) is 27.8 Å². The Morgan fingerprint density at radius 2 is 2.11 bits per heavy atom. The lowest BCUT2D eigenvalue weighted by molar-refractivity contribution is 0.0693. The number of halogens is 1. The highest BCUT2D eigenvalue weighted by Gasteiger charge is 2.11. The number of hydrogen-bond acceptors (Lipinski definition) is 2. The summed E-state index contributed by atoms with van der Waals surface area (Å²) >= 11 is 3.28. The highest BCUT2D eigenvalue weighted by molar-refractivity contribution is 9.10. The second-order valence-electron chi connectivity index (χ2n) is 4.79. The van der Waals surface area contributed by atoms with Crippen LogP contribution in [0.3, 0.4) is 0 Å². The molecule has 0 amide bonds. The summed E-state index contributed by atoms with van der Waals surface area (Å²) < 4.78 is 6.16. The molecule has 18 heavy (non-hydrogen) atoms. The Hall–Kier alpha value is -1.47. The summed E-state index contributed by atoms with van der Waals surface area (Å²) in [6.45, 7) is 6.18. The van der Waals surface area contributed by atoms with Crippen molar-refractivity contribution in [3.63, 3.8) is 0 Å². The molecule has 0 radical (unpaired) electrons. The number of carbonyl (C=O) groups is 1. The van der Waals surface area contributed by atoms with Crippen LogP contribution in [0.5, 0.6) is 5.75 Å². The Morgan fingerprint density at radius 3 is 2.67 bits per heavy atom. The van der Waals surface area contributed by atoms with E-state index in [1.165, 1.54) is 6.07 Å². The molecule has 0 spiro atoms. The minimum atomic E-state index is -1.01. The summed E-state index contributed by atoms with van der Waals surface area (Å²) in [6, 6.07) is 4.79. The molecule has 0 aromatic heterocycles. The second kappa shape index (κ2) is 5.92. The van der Waals surface area contributed by atoms with E-state index in [9.17, 15) is 4.79 Å². The van der Waals surface area contributed by atoms with Crippen LogP contribution in [0.25, 0.3) is 0 Å². The Bertz CT molecular complexity index is 504. The van der Waals surface area contributed by atoms with E-state index >= 15 is 0 Å². The van der Waals surface area contributed by atoms with Gasteiger partial charge in [0.15, 0.2) is 0 Å². The van der Waals surface area contributed by atoms with Crippen LogP contribution in [0.2, 0.25) is 0 Å². The molecule has 4 heteroatoms. The maximum absolute atomic E-state index is 11.0. The number of hydrogen-bond donors (Lipinski definition) is 1. The Morgan fingerprint density at radius 1 is 1.44 bits per heavy atom. The number of ether oxygens (including phenoxy) is 1. The van der Waals surface area contributed by atoms with Crippen molar-refractivity contribution in [2.24, 2.45) is 5.41 Å². The first kappa shape index (κ1) is 14.6. The van der Waals surface area contributed by atoms with Gasteiger partial charge in [0.1, 0.15) is 17.9 Å². The molecule has 1 aromatic carbocycles. The summed E-state index contributed by atoms with van der Waals surface area (Å²) in [5.74, 6) is 5.21. The zero-order valence-electron chi connectivity index (χ0n) is 10.6. The van der Waals surface area contributed by atoms with Crippen molar-refractivity contribution < 1.29 is 14.6 Å². The minimum Gasteiger partial charge on any atom is -0.480 e. The summed E-state index contributed by atoms with van der Waals surface area (Å²) in [7, 11) is 0. The Labute approximate surface area is 115 Å². The third-order valence-electron chi connectivity index (χ3n) is 1.94. The van der Waals surface area contributed by atoms with Gasteiger partial charge < -0.3 is 9.84 Å². The quantitative estimate of drug-likeness (QED) is 0.868. The van der Waals surface area contributed by atoms with Crippen LogP contribution in [-0.4, -0.2) is 17.7 Å². The van der Waals surface area contributed by atoms with Crippen LogP contribution in [-0.2, 0) is 0 Å². The molecule has 96 valence electrons. The average Bonchev–Trinajstić information content (AvgIpc) is 2.22. The predicted molar refractivity (Wildman–Crippen MR) is 73.8 cm³/mol. The fourth-order valence-corrected chi connectivity index (χ4v) is 1.55. The van der Waals surface area contributed by atoms with E-state index in [0.29, 0.717) is 5.75 Å². The summed E-state index contributed by atoms with van der Waals surface area (Å²) in [5, 5.41) is 9.01. The van der Waals surface area contributed by atoms with E-state index in [1.54, 1.807) is 12.1 Å². The normalized spacial score (nSPS) is 10.4. The van der Waals surface area contributed by atoms with Gasteiger partial charge >= 0.3 is 5.97 Å². The number of rotatable bonds is 3. The van der Waals surface area contributed by atoms with Crippen LogP contribution >= 0.6 is 15.9 Å². The van der Waals surface area contributed by atoms with Gasteiger partial charge in [-0.2, -0.15) is 0 Å². The maximum Gasteiger partial charge on any atom is 0.339 e. The van der Waals surface area contributed by atoms with Gasteiger partial charge in [0.2, 0.25) is 0 Å². The standard InChI is InChI=1S/C14H15BrO3/c1-14(2,3)7-4-8-18-12-9-10(15)5-6-11(12)13(16)17/h5-6,9H,8H2,1-3H3,(H,16,17). The van der Waals surface area contributed by atoms with Crippen molar-refractivity contribution in [1.29, 1.82) is 0 Å². The van der Waals surface area contributed by atoms with Gasteiger partial charge in [0.25, 0.3) is 0 Å². The van der Waals surface area contributed by atoms with Gasteiger partial charge in [-0.25, -0.2) is 4.79 Å². The Balaban J connectivity index is 2.80. The molecular formula is C14H15BrO3. The fourth-order valence-electron chi connectivity index (χ4n) is 1.21. The molecule has 0 heterocycles. The molecule has 1 aromatic rings. The monoisotopic (exact) mass is 310 g/mol. The van der Waals surface area contributed by atoms with E-state index in [4.69, 9.17) is 9.84 Å². The van der Waals surface area contributed by atoms with Gasteiger partial charge in [0.05, 0.1) is 0 Å². The van der Waals surface area contributed by atoms with E-state index in [1.807, 2.05) is 20.8 Å². The van der Waals surface area contributed by atoms with Crippen molar-refractivity contribution >= 4 is 21.9 Å². The van der Waals surface area contributed by atoms with Crippen LogP contribution in [0, 0.1) is 17.3 Å². The van der Waals surface area contributed by atoms with Crippen LogP contribution in [0.15, 0.2) is 22.7 Å². The van der Waals surface area contributed by atoms with E-state index in [0.717, 1.165) is 4.47 Å². The first-order valence-corrected chi connectivity index (χ1v) is 6.24.